The fraction of sp³-hybridized carbons (Fsp3) is 0.500. The molecule has 0 saturated carbocycles. The van der Waals surface area contributed by atoms with Gasteiger partial charge in [0.05, 0.1) is 19.8 Å². The zero-order valence-corrected chi connectivity index (χ0v) is 11.5. The molecule has 4 nitrogen and oxygen atoms in total. The van der Waals surface area contributed by atoms with Crippen molar-refractivity contribution in [1.29, 1.82) is 0 Å². The first-order valence-electron chi connectivity index (χ1n) is 6.51. The van der Waals surface area contributed by atoms with Crippen molar-refractivity contribution in [2.75, 3.05) is 20.3 Å². The van der Waals surface area contributed by atoms with Gasteiger partial charge in [0.2, 0.25) is 0 Å². The summed E-state index contributed by atoms with van der Waals surface area (Å²) in [5, 5.41) is 9.34. The number of benzene rings is 1. The standard InChI is InChI=1S/C14H16F3NO3/c1-21-12-3-2-9-6-11(8-19)18(5-4-10(9)7-12)13(20)14(15,16)17/h2-3,7,11,19H,4-6,8H2,1H3. The Morgan fingerprint density at radius 2 is 2.14 bits per heavy atom. The lowest BCUT2D eigenvalue weighted by Crippen LogP contribution is -2.49. The molecule has 21 heavy (non-hydrogen) atoms. The fourth-order valence-electron chi connectivity index (χ4n) is 2.54. The molecule has 1 aliphatic heterocycles. The number of nitrogens with zero attached hydrogens (tertiary/aromatic N) is 1. The maximum Gasteiger partial charge on any atom is 0.471 e. The van der Waals surface area contributed by atoms with E-state index in [-0.39, 0.29) is 13.0 Å². The summed E-state index contributed by atoms with van der Waals surface area (Å²) in [6, 6.07) is 4.37. The van der Waals surface area contributed by atoms with E-state index in [9.17, 15) is 23.1 Å². The van der Waals surface area contributed by atoms with Gasteiger partial charge in [-0.25, -0.2) is 0 Å². The summed E-state index contributed by atoms with van der Waals surface area (Å²) in [4.78, 5) is 12.2. The summed E-state index contributed by atoms with van der Waals surface area (Å²) in [7, 11) is 1.51. The van der Waals surface area contributed by atoms with Crippen molar-refractivity contribution < 1.29 is 27.8 Å². The molecule has 1 aromatic carbocycles. The van der Waals surface area contributed by atoms with E-state index in [4.69, 9.17) is 4.74 Å². The molecule has 0 bridgehead atoms. The number of amides is 1. The number of fused-ring (bicyclic) bond motifs is 1. The maximum atomic E-state index is 12.6. The third-order valence-electron chi connectivity index (χ3n) is 3.65. The SMILES string of the molecule is COc1ccc2c(c1)CCN(C(=O)C(F)(F)F)C(CO)C2. The Bertz CT molecular complexity index is 531. The lowest BCUT2D eigenvalue weighted by atomic mass is 10.0. The van der Waals surface area contributed by atoms with Crippen LogP contribution in [0.1, 0.15) is 11.1 Å². The molecule has 116 valence electrons. The van der Waals surface area contributed by atoms with Gasteiger partial charge in [0.15, 0.2) is 0 Å². The molecule has 7 heteroatoms. The van der Waals surface area contributed by atoms with Gasteiger partial charge in [-0.3, -0.25) is 4.79 Å². The highest BCUT2D eigenvalue weighted by Crippen LogP contribution is 2.27. The van der Waals surface area contributed by atoms with E-state index >= 15 is 0 Å². The van der Waals surface area contributed by atoms with Gasteiger partial charge < -0.3 is 14.7 Å². The lowest BCUT2D eigenvalue weighted by Gasteiger charge is -2.29. The second kappa shape index (κ2) is 5.93. The van der Waals surface area contributed by atoms with Gasteiger partial charge in [-0.15, -0.1) is 0 Å². The average molecular weight is 303 g/mol. The highest BCUT2D eigenvalue weighted by Gasteiger charge is 2.45. The van der Waals surface area contributed by atoms with E-state index in [1.807, 2.05) is 0 Å². The second-order valence-corrected chi connectivity index (χ2v) is 4.92. The van der Waals surface area contributed by atoms with Crippen LogP contribution < -0.4 is 4.74 Å². The predicted molar refractivity (Wildman–Crippen MR) is 69.0 cm³/mol. The third kappa shape index (κ3) is 3.29. The smallest absolute Gasteiger partial charge is 0.471 e. The highest BCUT2D eigenvalue weighted by atomic mass is 19.4. The van der Waals surface area contributed by atoms with Gasteiger partial charge in [0.1, 0.15) is 5.75 Å². The molecular formula is C14H16F3NO3. The van der Waals surface area contributed by atoms with Crippen molar-refractivity contribution in [1.82, 2.24) is 4.90 Å². The molecule has 0 radical (unpaired) electrons. The molecule has 1 aliphatic rings. The Morgan fingerprint density at radius 1 is 1.43 bits per heavy atom. The molecular weight excluding hydrogens is 287 g/mol. The first kappa shape index (κ1) is 15.6. The number of hydrogen-bond donors (Lipinski definition) is 1. The van der Waals surface area contributed by atoms with E-state index in [0.717, 1.165) is 11.1 Å². The molecule has 1 amide bonds. The van der Waals surface area contributed by atoms with E-state index < -0.39 is 24.7 Å². The number of hydrogen-bond acceptors (Lipinski definition) is 3. The van der Waals surface area contributed by atoms with Crippen molar-refractivity contribution in [3.63, 3.8) is 0 Å². The molecule has 0 spiro atoms. The molecule has 1 aromatic rings. The average Bonchev–Trinajstić information content (AvgIpc) is 2.63. The Morgan fingerprint density at radius 3 is 2.71 bits per heavy atom. The zero-order valence-electron chi connectivity index (χ0n) is 11.5. The molecule has 1 heterocycles. The topological polar surface area (TPSA) is 49.8 Å². The predicted octanol–water partition coefficient (Wildman–Crippen LogP) is 1.55. The molecule has 0 saturated heterocycles. The first-order chi connectivity index (χ1) is 9.86. The second-order valence-electron chi connectivity index (χ2n) is 4.92. The number of carbonyl (C=O) groups is 1. The summed E-state index contributed by atoms with van der Waals surface area (Å²) in [6.45, 7) is -0.586. The molecule has 1 atom stereocenters. The monoisotopic (exact) mass is 303 g/mol. The number of aliphatic hydroxyl groups is 1. The molecule has 0 fully saturated rings. The number of alkyl halides is 3. The van der Waals surface area contributed by atoms with Gasteiger partial charge in [0, 0.05) is 6.54 Å². The van der Waals surface area contributed by atoms with Crippen molar-refractivity contribution in [3.05, 3.63) is 29.3 Å². The molecule has 0 aromatic heterocycles. The quantitative estimate of drug-likeness (QED) is 0.902. The number of rotatable bonds is 2. The van der Waals surface area contributed by atoms with Crippen molar-refractivity contribution in [2.24, 2.45) is 0 Å². The van der Waals surface area contributed by atoms with Crippen LogP contribution in [0.15, 0.2) is 18.2 Å². The summed E-state index contributed by atoms with van der Waals surface area (Å²) >= 11 is 0. The highest BCUT2D eigenvalue weighted by molar-refractivity contribution is 5.82. The van der Waals surface area contributed by atoms with Gasteiger partial charge in [-0.05, 0) is 36.1 Å². The van der Waals surface area contributed by atoms with Crippen molar-refractivity contribution in [3.8, 4) is 5.75 Å². The van der Waals surface area contributed by atoms with Crippen LogP contribution in [0.2, 0.25) is 0 Å². The van der Waals surface area contributed by atoms with E-state index in [1.54, 1.807) is 18.2 Å². The minimum Gasteiger partial charge on any atom is -0.497 e. The van der Waals surface area contributed by atoms with E-state index in [2.05, 4.69) is 0 Å². The van der Waals surface area contributed by atoms with Crippen LogP contribution in [0.5, 0.6) is 5.75 Å². The Kier molecular flexibility index (Phi) is 4.41. The summed E-state index contributed by atoms with van der Waals surface area (Å²) < 4.78 is 43.0. The largest absolute Gasteiger partial charge is 0.497 e. The van der Waals surface area contributed by atoms with Crippen LogP contribution in [-0.4, -0.2) is 48.4 Å². The number of halogens is 3. The van der Waals surface area contributed by atoms with Crippen molar-refractivity contribution in [2.45, 2.75) is 25.1 Å². The van der Waals surface area contributed by atoms with Crippen LogP contribution in [-0.2, 0) is 17.6 Å². The minimum atomic E-state index is -4.93. The van der Waals surface area contributed by atoms with Crippen LogP contribution >= 0.6 is 0 Å². The Balaban J connectivity index is 2.29. The van der Waals surface area contributed by atoms with E-state index in [1.165, 1.54) is 7.11 Å². The van der Waals surface area contributed by atoms with Gasteiger partial charge in [-0.1, -0.05) is 6.07 Å². The summed E-state index contributed by atoms with van der Waals surface area (Å²) in [5.74, 6) is -1.29. The first-order valence-corrected chi connectivity index (χ1v) is 6.51. The van der Waals surface area contributed by atoms with Crippen LogP contribution in [0.25, 0.3) is 0 Å². The van der Waals surface area contributed by atoms with Gasteiger partial charge in [-0.2, -0.15) is 13.2 Å². The van der Waals surface area contributed by atoms with Crippen LogP contribution in [0, 0.1) is 0 Å². The Hall–Kier alpha value is -1.76. The molecule has 2 rings (SSSR count). The third-order valence-corrected chi connectivity index (χ3v) is 3.65. The van der Waals surface area contributed by atoms with Gasteiger partial charge in [0.25, 0.3) is 0 Å². The van der Waals surface area contributed by atoms with Crippen molar-refractivity contribution >= 4 is 5.91 Å². The molecule has 0 aliphatic carbocycles. The number of aliphatic hydroxyl groups excluding tert-OH is 1. The summed E-state index contributed by atoms with van der Waals surface area (Å²) in [5.41, 5.74) is 1.66. The zero-order chi connectivity index (χ0) is 15.6. The number of methoxy groups -OCH3 is 1. The summed E-state index contributed by atoms with van der Waals surface area (Å²) in [6.07, 6.45) is -4.44. The molecule has 1 unspecified atom stereocenters. The number of ether oxygens (including phenoxy) is 1. The maximum absolute atomic E-state index is 12.6. The minimum absolute atomic E-state index is 0.0796. The fourth-order valence-corrected chi connectivity index (χ4v) is 2.54. The molecule has 1 N–H and O–H groups in total. The lowest BCUT2D eigenvalue weighted by molar-refractivity contribution is -0.188. The number of carbonyl (C=O) groups excluding carboxylic acids is 1. The Labute approximate surface area is 120 Å². The van der Waals surface area contributed by atoms with E-state index in [0.29, 0.717) is 17.1 Å². The normalized spacial score (nSPS) is 18.9. The van der Waals surface area contributed by atoms with Gasteiger partial charge >= 0.3 is 12.1 Å². The van der Waals surface area contributed by atoms with Crippen LogP contribution in [0.4, 0.5) is 13.2 Å². The van der Waals surface area contributed by atoms with Crippen LogP contribution in [0.3, 0.4) is 0 Å².